The molecule has 0 saturated carbocycles. The first-order chi connectivity index (χ1) is 11.6. The number of aliphatic imine (C=N–C) groups is 1. The first-order valence-electron chi connectivity index (χ1n) is 8.61. The summed E-state index contributed by atoms with van der Waals surface area (Å²) in [5.74, 6) is 1.01. The summed E-state index contributed by atoms with van der Waals surface area (Å²) in [6.45, 7) is 8.05. The maximum Gasteiger partial charge on any atom is 0.193 e. The summed E-state index contributed by atoms with van der Waals surface area (Å²) < 4.78 is 6.84. The minimum Gasteiger partial charge on any atom is -0.378 e. The van der Waals surface area contributed by atoms with Crippen molar-refractivity contribution in [1.82, 2.24) is 10.2 Å². The lowest BCUT2D eigenvalue weighted by molar-refractivity contribution is 0.0264. The van der Waals surface area contributed by atoms with Crippen LogP contribution in [0.3, 0.4) is 0 Å². The quantitative estimate of drug-likeness (QED) is 0.434. The van der Waals surface area contributed by atoms with Gasteiger partial charge in [-0.15, -0.1) is 11.8 Å². The number of halogens is 1. The number of benzene rings is 1. The second-order valence-electron chi connectivity index (χ2n) is 5.95. The molecule has 24 heavy (non-hydrogen) atoms. The summed E-state index contributed by atoms with van der Waals surface area (Å²) in [5.41, 5.74) is 0. The summed E-state index contributed by atoms with van der Waals surface area (Å²) in [6.07, 6.45) is 2.58. The predicted molar refractivity (Wildman–Crippen MR) is 107 cm³/mol. The van der Waals surface area contributed by atoms with Gasteiger partial charge in [0, 0.05) is 47.9 Å². The third-order valence-electron chi connectivity index (χ3n) is 4.05. The normalized spacial score (nSPS) is 17.8. The molecule has 0 aromatic heterocycles. The van der Waals surface area contributed by atoms with Crippen LogP contribution < -0.4 is 5.32 Å². The number of piperidine rings is 1. The van der Waals surface area contributed by atoms with E-state index >= 15 is 0 Å². The standard InChI is InChI=1S/C18H28BrN3OS/c1-4-23-16-9-11-22(12-10-16)18(20-3)21-13-14(2)24-17-7-5-15(19)6-8-17/h5-8,14,16H,4,9-13H2,1-3H3,(H,20,21). The van der Waals surface area contributed by atoms with E-state index in [4.69, 9.17) is 4.74 Å². The largest absolute Gasteiger partial charge is 0.378 e. The molecule has 134 valence electrons. The Labute approximate surface area is 158 Å². The molecule has 1 atom stereocenters. The van der Waals surface area contributed by atoms with E-state index in [1.54, 1.807) is 0 Å². The summed E-state index contributed by atoms with van der Waals surface area (Å²) in [5, 5.41) is 4.00. The molecule has 1 heterocycles. The van der Waals surface area contributed by atoms with Crippen molar-refractivity contribution in [3.63, 3.8) is 0 Å². The monoisotopic (exact) mass is 413 g/mol. The van der Waals surface area contributed by atoms with E-state index in [1.165, 1.54) is 4.90 Å². The molecule has 6 heteroatoms. The Morgan fingerprint density at radius 3 is 2.62 bits per heavy atom. The van der Waals surface area contributed by atoms with Crippen LogP contribution in [-0.4, -0.2) is 55.5 Å². The molecule has 0 bridgehead atoms. The summed E-state index contributed by atoms with van der Waals surface area (Å²) >= 11 is 5.36. The third kappa shape index (κ3) is 6.30. The van der Waals surface area contributed by atoms with Crippen molar-refractivity contribution in [1.29, 1.82) is 0 Å². The minimum atomic E-state index is 0.413. The van der Waals surface area contributed by atoms with Crippen LogP contribution in [0.5, 0.6) is 0 Å². The van der Waals surface area contributed by atoms with Gasteiger partial charge < -0.3 is 15.0 Å². The average molecular weight is 414 g/mol. The molecule has 1 aromatic carbocycles. The molecular weight excluding hydrogens is 386 g/mol. The lowest BCUT2D eigenvalue weighted by Crippen LogP contribution is -2.48. The topological polar surface area (TPSA) is 36.9 Å². The van der Waals surface area contributed by atoms with E-state index in [0.717, 1.165) is 49.5 Å². The summed E-state index contributed by atoms with van der Waals surface area (Å²) in [6, 6.07) is 8.48. The Balaban J connectivity index is 1.76. The number of thioether (sulfide) groups is 1. The van der Waals surface area contributed by atoms with Gasteiger partial charge in [-0.25, -0.2) is 0 Å². The van der Waals surface area contributed by atoms with E-state index in [1.807, 2.05) is 18.8 Å². The van der Waals surface area contributed by atoms with Crippen molar-refractivity contribution in [2.75, 3.05) is 33.3 Å². The molecule has 1 fully saturated rings. The van der Waals surface area contributed by atoms with Crippen molar-refractivity contribution < 1.29 is 4.74 Å². The smallest absolute Gasteiger partial charge is 0.193 e. The van der Waals surface area contributed by atoms with Crippen LogP contribution in [0.25, 0.3) is 0 Å². The zero-order valence-corrected chi connectivity index (χ0v) is 17.2. The predicted octanol–water partition coefficient (Wildman–Crippen LogP) is 4.01. The van der Waals surface area contributed by atoms with Gasteiger partial charge in [0.25, 0.3) is 0 Å². The fourth-order valence-corrected chi connectivity index (χ4v) is 4.01. The Bertz CT molecular complexity index is 516. The number of rotatable bonds is 6. The number of likely N-dealkylation sites (tertiary alicyclic amines) is 1. The van der Waals surface area contributed by atoms with E-state index in [2.05, 4.69) is 69.3 Å². The highest BCUT2D eigenvalue weighted by Crippen LogP contribution is 2.24. The summed E-state index contributed by atoms with van der Waals surface area (Å²) in [4.78, 5) is 8.08. The van der Waals surface area contributed by atoms with Crippen molar-refractivity contribution in [2.24, 2.45) is 4.99 Å². The molecule has 0 spiro atoms. The van der Waals surface area contributed by atoms with Gasteiger partial charge in [0.05, 0.1) is 6.10 Å². The highest BCUT2D eigenvalue weighted by Gasteiger charge is 2.21. The van der Waals surface area contributed by atoms with Crippen LogP contribution in [0.1, 0.15) is 26.7 Å². The van der Waals surface area contributed by atoms with E-state index in [9.17, 15) is 0 Å². The Morgan fingerprint density at radius 1 is 1.38 bits per heavy atom. The van der Waals surface area contributed by atoms with Crippen LogP contribution >= 0.6 is 27.7 Å². The first kappa shape index (κ1) is 19.6. The van der Waals surface area contributed by atoms with Gasteiger partial charge >= 0.3 is 0 Å². The van der Waals surface area contributed by atoms with Crippen molar-refractivity contribution in [3.05, 3.63) is 28.7 Å². The molecule has 1 N–H and O–H groups in total. The lowest BCUT2D eigenvalue weighted by atomic mass is 10.1. The maximum absolute atomic E-state index is 5.72. The molecule has 2 rings (SSSR count). The molecular formula is C18H28BrN3OS. The zero-order chi connectivity index (χ0) is 17.4. The van der Waals surface area contributed by atoms with Gasteiger partial charge in [0.2, 0.25) is 0 Å². The number of nitrogens with zero attached hydrogens (tertiary/aromatic N) is 2. The number of hydrogen-bond donors (Lipinski definition) is 1. The van der Waals surface area contributed by atoms with Crippen molar-refractivity contribution >= 4 is 33.7 Å². The van der Waals surface area contributed by atoms with Gasteiger partial charge in [0.1, 0.15) is 0 Å². The fourth-order valence-electron chi connectivity index (χ4n) is 2.82. The van der Waals surface area contributed by atoms with Crippen molar-refractivity contribution in [2.45, 2.75) is 42.9 Å². The van der Waals surface area contributed by atoms with E-state index in [0.29, 0.717) is 11.4 Å². The second-order valence-corrected chi connectivity index (χ2v) is 8.38. The van der Waals surface area contributed by atoms with Crippen LogP contribution in [0.15, 0.2) is 38.6 Å². The number of guanidine groups is 1. The van der Waals surface area contributed by atoms with E-state index < -0.39 is 0 Å². The molecule has 1 aliphatic heterocycles. The molecule has 1 aliphatic rings. The molecule has 0 aliphatic carbocycles. The average Bonchev–Trinajstić information content (AvgIpc) is 2.59. The fraction of sp³-hybridized carbons (Fsp3) is 0.611. The van der Waals surface area contributed by atoms with Crippen LogP contribution in [0.2, 0.25) is 0 Å². The number of hydrogen-bond acceptors (Lipinski definition) is 3. The lowest BCUT2D eigenvalue weighted by Gasteiger charge is -2.34. The van der Waals surface area contributed by atoms with Gasteiger partial charge in [-0.05, 0) is 44.0 Å². The molecule has 0 amide bonds. The SMILES string of the molecule is CCOC1CCN(C(=NC)NCC(C)Sc2ccc(Br)cc2)CC1. The van der Waals surface area contributed by atoms with Crippen LogP contribution in [0, 0.1) is 0 Å². The Hall–Kier alpha value is -0.720. The molecule has 0 radical (unpaired) electrons. The third-order valence-corrected chi connectivity index (χ3v) is 5.70. The van der Waals surface area contributed by atoms with E-state index in [-0.39, 0.29) is 0 Å². The molecule has 4 nitrogen and oxygen atoms in total. The van der Waals surface area contributed by atoms with Gasteiger partial charge in [-0.1, -0.05) is 22.9 Å². The highest BCUT2D eigenvalue weighted by atomic mass is 79.9. The Morgan fingerprint density at radius 2 is 2.04 bits per heavy atom. The minimum absolute atomic E-state index is 0.413. The summed E-state index contributed by atoms with van der Waals surface area (Å²) in [7, 11) is 1.86. The Kier molecular flexibility index (Phi) is 8.42. The molecule has 1 aromatic rings. The van der Waals surface area contributed by atoms with Gasteiger partial charge in [-0.2, -0.15) is 0 Å². The number of nitrogens with one attached hydrogen (secondary N) is 1. The maximum atomic E-state index is 5.72. The molecule has 1 saturated heterocycles. The van der Waals surface area contributed by atoms with Gasteiger partial charge in [-0.3, -0.25) is 4.99 Å². The highest BCUT2D eigenvalue weighted by molar-refractivity contribution is 9.10. The van der Waals surface area contributed by atoms with Crippen molar-refractivity contribution in [3.8, 4) is 0 Å². The van der Waals surface area contributed by atoms with Gasteiger partial charge in [0.15, 0.2) is 5.96 Å². The zero-order valence-electron chi connectivity index (χ0n) is 14.8. The number of ether oxygens (including phenoxy) is 1. The van der Waals surface area contributed by atoms with Crippen LogP contribution in [-0.2, 0) is 4.74 Å². The van der Waals surface area contributed by atoms with Crippen LogP contribution in [0.4, 0.5) is 0 Å². The second kappa shape index (κ2) is 10.3. The first-order valence-corrected chi connectivity index (χ1v) is 10.3. The molecule has 1 unspecified atom stereocenters.